The smallest absolute Gasteiger partial charge is 0.263 e. The number of aromatic nitrogens is 1. The van der Waals surface area contributed by atoms with Gasteiger partial charge in [-0.2, -0.15) is 0 Å². The molecule has 0 aliphatic heterocycles. The van der Waals surface area contributed by atoms with E-state index in [4.69, 9.17) is 0 Å². The fourth-order valence-electron chi connectivity index (χ4n) is 1.34. The largest absolute Gasteiger partial charge is 0.369 e. The van der Waals surface area contributed by atoms with Gasteiger partial charge >= 0.3 is 0 Å². The molecule has 1 heterocycles. The Balaban J connectivity index is 2.17. The first-order valence-electron chi connectivity index (χ1n) is 5.70. The van der Waals surface area contributed by atoms with Crippen LogP contribution in [0, 0.1) is 0 Å². The molecule has 0 amide bonds. The number of thiazole rings is 1. The molecule has 1 aromatic carbocycles. The highest BCUT2D eigenvalue weighted by Crippen LogP contribution is 2.20. The molecule has 0 saturated carbocycles. The monoisotopic (exact) mass is 310 g/mol. The molecular formula is C12H14N4O2S2. The Morgan fingerprint density at radius 1 is 1.30 bits per heavy atom. The number of benzene rings is 1. The van der Waals surface area contributed by atoms with Gasteiger partial charge in [0.05, 0.1) is 16.9 Å². The van der Waals surface area contributed by atoms with Crippen LogP contribution in [0.25, 0.3) is 0 Å². The second-order valence-electron chi connectivity index (χ2n) is 4.14. The van der Waals surface area contributed by atoms with Crippen LogP contribution in [0.5, 0.6) is 0 Å². The second kappa shape index (κ2) is 6.02. The summed E-state index contributed by atoms with van der Waals surface area (Å²) < 4.78 is 26.6. The van der Waals surface area contributed by atoms with E-state index in [1.54, 1.807) is 34.9 Å². The van der Waals surface area contributed by atoms with Gasteiger partial charge in [0, 0.05) is 25.7 Å². The van der Waals surface area contributed by atoms with Crippen molar-refractivity contribution in [3.63, 3.8) is 0 Å². The highest BCUT2D eigenvalue weighted by atomic mass is 32.2. The van der Waals surface area contributed by atoms with Crippen molar-refractivity contribution in [3.8, 4) is 0 Å². The Morgan fingerprint density at radius 3 is 2.55 bits per heavy atom. The van der Waals surface area contributed by atoms with Crippen LogP contribution in [0.4, 0.5) is 10.8 Å². The second-order valence-corrected chi connectivity index (χ2v) is 6.72. The van der Waals surface area contributed by atoms with Crippen LogP contribution < -0.4 is 4.72 Å². The molecule has 6 nitrogen and oxygen atoms in total. The van der Waals surface area contributed by atoms with Crippen molar-refractivity contribution in [1.29, 1.82) is 0 Å². The van der Waals surface area contributed by atoms with Crippen LogP contribution >= 0.6 is 11.3 Å². The lowest BCUT2D eigenvalue weighted by atomic mass is 10.3. The molecule has 20 heavy (non-hydrogen) atoms. The van der Waals surface area contributed by atoms with E-state index >= 15 is 0 Å². The Kier molecular flexibility index (Phi) is 4.35. The highest BCUT2D eigenvalue weighted by molar-refractivity contribution is 7.93. The molecule has 0 saturated heterocycles. The minimum absolute atomic E-state index is 0.177. The number of hydrogen-bond donors (Lipinski definition) is 1. The number of sulfonamides is 1. The average molecular weight is 310 g/mol. The maximum atomic E-state index is 12.1. The molecule has 1 N–H and O–H groups in total. The van der Waals surface area contributed by atoms with Gasteiger partial charge in [0.1, 0.15) is 0 Å². The Morgan fingerprint density at radius 2 is 2.00 bits per heavy atom. The van der Waals surface area contributed by atoms with E-state index < -0.39 is 10.0 Å². The van der Waals surface area contributed by atoms with E-state index in [0.717, 1.165) is 0 Å². The predicted molar refractivity (Wildman–Crippen MR) is 81.2 cm³/mol. The van der Waals surface area contributed by atoms with Crippen molar-refractivity contribution in [3.05, 3.63) is 35.8 Å². The molecule has 0 unspecified atom stereocenters. The molecule has 106 valence electrons. The lowest BCUT2D eigenvalue weighted by molar-refractivity contribution is 0.601. The molecule has 0 fully saturated rings. The Labute approximate surface area is 121 Å². The normalized spacial score (nSPS) is 11.7. The summed E-state index contributed by atoms with van der Waals surface area (Å²) in [6.45, 7) is 0. The zero-order valence-electron chi connectivity index (χ0n) is 11.0. The molecule has 2 rings (SSSR count). The van der Waals surface area contributed by atoms with Crippen molar-refractivity contribution < 1.29 is 8.42 Å². The summed E-state index contributed by atoms with van der Waals surface area (Å²) in [6.07, 6.45) is 3.19. The van der Waals surface area contributed by atoms with Gasteiger partial charge in [-0.25, -0.2) is 18.4 Å². The molecule has 1 aromatic heterocycles. The zero-order chi connectivity index (χ0) is 14.6. The number of anilines is 1. The van der Waals surface area contributed by atoms with Gasteiger partial charge in [0.15, 0.2) is 5.13 Å². The maximum Gasteiger partial charge on any atom is 0.263 e. The fraction of sp³-hybridized carbons (Fsp3) is 0.167. The zero-order valence-corrected chi connectivity index (χ0v) is 12.6. The molecule has 0 bridgehead atoms. The van der Waals surface area contributed by atoms with Crippen LogP contribution in [-0.2, 0) is 10.0 Å². The summed E-state index contributed by atoms with van der Waals surface area (Å²) in [5, 5.41) is 2.05. The predicted octanol–water partition coefficient (Wildman–Crippen LogP) is 2.17. The molecule has 0 spiro atoms. The minimum Gasteiger partial charge on any atom is -0.369 e. The summed E-state index contributed by atoms with van der Waals surface area (Å²) in [7, 11) is 0.127. The molecule has 0 radical (unpaired) electrons. The Bertz CT molecular complexity index is 677. The summed E-state index contributed by atoms with van der Waals surface area (Å²) >= 11 is 1.23. The van der Waals surface area contributed by atoms with Crippen LogP contribution in [0.3, 0.4) is 0 Å². The highest BCUT2D eigenvalue weighted by Gasteiger charge is 2.14. The van der Waals surface area contributed by atoms with E-state index in [2.05, 4.69) is 14.7 Å². The van der Waals surface area contributed by atoms with Gasteiger partial charge in [-0.3, -0.25) is 4.72 Å². The minimum atomic E-state index is -3.60. The van der Waals surface area contributed by atoms with E-state index in [0.29, 0.717) is 10.8 Å². The van der Waals surface area contributed by atoms with Crippen molar-refractivity contribution >= 4 is 38.5 Å². The van der Waals surface area contributed by atoms with Crippen molar-refractivity contribution in [2.75, 3.05) is 18.8 Å². The standard InChI is InChI=1S/C12H14N4O2S2/c1-16(2)9-14-10-3-5-11(6-4-10)20(17,18)15-12-13-7-8-19-12/h3-9H,1-2H3,(H,13,15). The number of aliphatic imine (C=N–C) groups is 1. The van der Waals surface area contributed by atoms with E-state index in [9.17, 15) is 8.42 Å². The number of hydrogen-bond acceptors (Lipinski definition) is 5. The van der Waals surface area contributed by atoms with E-state index in [1.165, 1.54) is 23.5 Å². The van der Waals surface area contributed by atoms with Gasteiger partial charge in [0.25, 0.3) is 10.0 Å². The van der Waals surface area contributed by atoms with Crippen LogP contribution in [0.2, 0.25) is 0 Å². The number of nitrogens with zero attached hydrogens (tertiary/aromatic N) is 3. The van der Waals surface area contributed by atoms with Crippen LogP contribution in [0.15, 0.2) is 45.7 Å². The third kappa shape index (κ3) is 3.78. The molecule has 0 aliphatic rings. The fourth-order valence-corrected chi connectivity index (χ4v) is 3.13. The van der Waals surface area contributed by atoms with Crippen LogP contribution in [-0.4, -0.2) is 38.7 Å². The third-order valence-corrected chi connectivity index (χ3v) is 4.41. The quantitative estimate of drug-likeness (QED) is 0.678. The molecule has 8 heteroatoms. The number of rotatable bonds is 5. The van der Waals surface area contributed by atoms with Crippen molar-refractivity contribution in [1.82, 2.24) is 9.88 Å². The van der Waals surface area contributed by atoms with Gasteiger partial charge < -0.3 is 4.90 Å². The molecule has 0 aliphatic carbocycles. The van der Waals surface area contributed by atoms with E-state index in [-0.39, 0.29) is 4.90 Å². The third-order valence-electron chi connectivity index (χ3n) is 2.24. The van der Waals surface area contributed by atoms with Crippen molar-refractivity contribution in [2.24, 2.45) is 4.99 Å². The maximum absolute atomic E-state index is 12.1. The molecule has 0 atom stereocenters. The van der Waals surface area contributed by atoms with Crippen molar-refractivity contribution in [2.45, 2.75) is 4.90 Å². The number of nitrogens with one attached hydrogen (secondary N) is 1. The lowest BCUT2D eigenvalue weighted by Crippen LogP contribution is -2.12. The van der Waals surface area contributed by atoms with Gasteiger partial charge in [-0.1, -0.05) is 0 Å². The topological polar surface area (TPSA) is 74.7 Å². The molecular weight excluding hydrogens is 296 g/mol. The average Bonchev–Trinajstić information content (AvgIpc) is 2.89. The van der Waals surface area contributed by atoms with Gasteiger partial charge in [-0.15, -0.1) is 11.3 Å². The Hall–Kier alpha value is -1.93. The summed E-state index contributed by atoms with van der Waals surface area (Å²) in [6, 6.07) is 6.32. The van der Waals surface area contributed by atoms with E-state index in [1.807, 2.05) is 14.1 Å². The molecule has 2 aromatic rings. The lowest BCUT2D eigenvalue weighted by Gasteiger charge is -2.06. The first-order valence-corrected chi connectivity index (χ1v) is 8.07. The van der Waals surface area contributed by atoms with Gasteiger partial charge in [-0.05, 0) is 24.3 Å². The summed E-state index contributed by atoms with van der Waals surface area (Å²) in [4.78, 5) is 10.1. The van der Waals surface area contributed by atoms with Crippen LogP contribution in [0.1, 0.15) is 0 Å². The summed E-state index contributed by atoms with van der Waals surface area (Å²) in [5.74, 6) is 0. The summed E-state index contributed by atoms with van der Waals surface area (Å²) in [5.41, 5.74) is 0.687. The van der Waals surface area contributed by atoms with Gasteiger partial charge in [0.2, 0.25) is 0 Å². The SMILES string of the molecule is CN(C)C=Nc1ccc(S(=O)(=O)Nc2nccs2)cc1. The first kappa shape index (κ1) is 14.5. The first-order chi connectivity index (χ1) is 9.47.